The van der Waals surface area contributed by atoms with E-state index in [1.807, 2.05) is 30.3 Å². The van der Waals surface area contributed by atoms with E-state index in [1.54, 1.807) is 12.1 Å². The van der Waals surface area contributed by atoms with Gasteiger partial charge in [0.05, 0.1) is 36.6 Å². The van der Waals surface area contributed by atoms with E-state index in [1.165, 1.54) is 37.2 Å². The number of hydrogen-bond acceptors (Lipinski definition) is 5. The number of sulfonamides is 1. The lowest BCUT2D eigenvalue weighted by Crippen LogP contribution is -2.13. The first-order valence-electron chi connectivity index (χ1n) is 7.97. The van der Waals surface area contributed by atoms with Gasteiger partial charge in [0.15, 0.2) is 0 Å². The van der Waals surface area contributed by atoms with Gasteiger partial charge >= 0.3 is 0 Å². The molecule has 0 aliphatic rings. The molecule has 0 spiro atoms. The number of carbonyl (C=O) groups is 1. The average Bonchev–Trinajstić information content (AvgIpc) is 3.13. The van der Waals surface area contributed by atoms with Gasteiger partial charge in [-0.2, -0.15) is 5.10 Å². The number of nitrogens with one attached hydrogen (secondary N) is 2. The maximum absolute atomic E-state index is 12.7. The number of amides is 1. The Morgan fingerprint density at radius 3 is 2.56 bits per heavy atom. The van der Waals surface area contributed by atoms with Crippen molar-refractivity contribution in [3.63, 3.8) is 0 Å². The zero-order valence-corrected chi connectivity index (χ0v) is 15.5. The standard InChI is InChI=1S/C18H18N4O4S/c1-13(23)20-17-10-14(8-9-18(17)26-2)21-27(24,25)16-11-19-22(12-16)15-6-4-3-5-7-15/h3-12,21H,1-2H3,(H,20,23). The van der Waals surface area contributed by atoms with E-state index in [-0.39, 0.29) is 16.5 Å². The van der Waals surface area contributed by atoms with Gasteiger partial charge < -0.3 is 10.1 Å². The largest absolute Gasteiger partial charge is 0.495 e. The number of benzene rings is 2. The van der Waals surface area contributed by atoms with Crippen LogP contribution in [0.3, 0.4) is 0 Å². The molecule has 1 aromatic heterocycles. The Morgan fingerprint density at radius 2 is 1.89 bits per heavy atom. The summed E-state index contributed by atoms with van der Waals surface area (Å²) >= 11 is 0. The summed E-state index contributed by atoms with van der Waals surface area (Å²) in [6.07, 6.45) is 2.70. The smallest absolute Gasteiger partial charge is 0.265 e. The molecule has 0 unspecified atom stereocenters. The molecule has 0 radical (unpaired) electrons. The van der Waals surface area contributed by atoms with Gasteiger partial charge in [-0.3, -0.25) is 9.52 Å². The van der Waals surface area contributed by atoms with Gasteiger partial charge in [-0.05, 0) is 30.3 Å². The maximum Gasteiger partial charge on any atom is 0.265 e. The molecule has 27 heavy (non-hydrogen) atoms. The molecule has 0 fully saturated rings. The molecule has 0 aliphatic heterocycles. The molecular formula is C18H18N4O4S. The number of hydrogen-bond donors (Lipinski definition) is 2. The molecule has 3 aromatic rings. The van der Waals surface area contributed by atoms with E-state index in [9.17, 15) is 13.2 Å². The molecule has 8 nitrogen and oxygen atoms in total. The van der Waals surface area contributed by atoms with E-state index >= 15 is 0 Å². The number of rotatable bonds is 6. The summed E-state index contributed by atoms with van der Waals surface area (Å²) in [6, 6.07) is 13.8. The van der Waals surface area contributed by atoms with Crippen LogP contribution in [-0.2, 0) is 14.8 Å². The molecular weight excluding hydrogens is 368 g/mol. The van der Waals surface area contributed by atoms with E-state index in [2.05, 4.69) is 15.1 Å². The van der Waals surface area contributed by atoms with Crippen molar-refractivity contribution >= 4 is 27.3 Å². The van der Waals surface area contributed by atoms with Crippen LogP contribution in [0.15, 0.2) is 65.8 Å². The molecule has 2 N–H and O–H groups in total. The summed E-state index contributed by atoms with van der Waals surface area (Å²) in [5.41, 5.74) is 1.40. The van der Waals surface area contributed by atoms with Gasteiger partial charge in [0.2, 0.25) is 5.91 Å². The number of aromatic nitrogens is 2. The second-order valence-electron chi connectivity index (χ2n) is 5.66. The molecule has 0 saturated carbocycles. The van der Waals surface area contributed by atoms with Crippen LogP contribution < -0.4 is 14.8 Å². The van der Waals surface area contributed by atoms with E-state index in [0.717, 1.165) is 5.69 Å². The Morgan fingerprint density at radius 1 is 1.15 bits per heavy atom. The van der Waals surface area contributed by atoms with Crippen LogP contribution >= 0.6 is 0 Å². The summed E-state index contributed by atoms with van der Waals surface area (Å²) in [6.45, 7) is 1.36. The quantitative estimate of drug-likeness (QED) is 0.678. The number of para-hydroxylation sites is 1. The lowest BCUT2D eigenvalue weighted by Gasteiger charge is -2.12. The molecule has 0 atom stereocenters. The zero-order chi connectivity index (χ0) is 19.4. The Hall–Kier alpha value is -3.33. The fourth-order valence-electron chi connectivity index (χ4n) is 2.44. The van der Waals surface area contributed by atoms with Gasteiger partial charge in [0.1, 0.15) is 10.6 Å². The van der Waals surface area contributed by atoms with Crippen LogP contribution in [0, 0.1) is 0 Å². The highest BCUT2D eigenvalue weighted by molar-refractivity contribution is 7.92. The predicted octanol–water partition coefficient (Wildman–Crippen LogP) is 2.64. The average molecular weight is 386 g/mol. The molecule has 140 valence electrons. The van der Waals surface area contributed by atoms with Crippen LogP contribution in [-0.4, -0.2) is 31.2 Å². The molecule has 1 amide bonds. The Labute approximate surface area is 156 Å². The Kier molecular flexibility index (Phi) is 5.13. The number of methoxy groups -OCH3 is 1. The monoisotopic (exact) mass is 386 g/mol. The van der Waals surface area contributed by atoms with Crippen molar-refractivity contribution in [2.45, 2.75) is 11.8 Å². The topological polar surface area (TPSA) is 102 Å². The predicted molar refractivity (Wildman–Crippen MR) is 102 cm³/mol. The first kappa shape index (κ1) is 18.5. The molecule has 9 heteroatoms. The van der Waals surface area contributed by atoms with Crippen LogP contribution in [0.1, 0.15) is 6.92 Å². The van der Waals surface area contributed by atoms with Crippen LogP contribution in [0.4, 0.5) is 11.4 Å². The van der Waals surface area contributed by atoms with Gasteiger partial charge in [-0.25, -0.2) is 13.1 Å². The third-order valence-corrected chi connectivity index (χ3v) is 4.99. The van der Waals surface area contributed by atoms with Crippen molar-refractivity contribution < 1.29 is 17.9 Å². The van der Waals surface area contributed by atoms with E-state index in [4.69, 9.17) is 4.74 Å². The van der Waals surface area contributed by atoms with Crippen molar-refractivity contribution in [2.75, 3.05) is 17.1 Å². The highest BCUT2D eigenvalue weighted by atomic mass is 32.2. The van der Waals surface area contributed by atoms with E-state index in [0.29, 0.717) is 11.4 Å². The van der Waals surface area contributed by atoms with Crippen LogP contribution in [0.25, 0.3) is 5.69 Å². The SMILES string of the molecule is COc1ccc(NS(=O)(=O)c2cnn(-c3ccccc3)c2)cc1NC(C)=O. The number of ether oxygens (including phenoxy) is 1. The minimum atomic E-state index is -3.85. The van der Waals surface area contributed by atoms with Crippen molar-refractivity contribution in [2.24, 2.45) is 0 Å². The molecule has 0 aliphatic carbocycles. The minimum Gasteiger partial charge on any atom is -0.495 e. The zero-order valence-electron chi connectivity index (χ0n) is 14.7. The summed E-state index contributed by atoms with van der Waals surface area (Å²) in [4.78, 5) is 11.3. The molecule has 1 heterocycles. The third-order valence-electron chi connectivity index (χ3n) is 3.65. The van der Waals surface area contributed by atoms with Crippen LogP contribution in [0.2, 0.25) is 0 Å². The van der Waals surface area contributed by atoms with Crippen LogP contribution in [0.5, 0.6) is 5.75 Å². The number of carbonyl (C=O) groups excluding carboxylic acids is 1. The third kappa shape index (κ3) is 4.26. The number of nitrogens with zero attached hydrogens (tertiary/aromatic N) is 2. The molecule has 0 saturated heterocycles. The van der Waals surface area contributed by atoms with Gasteiger partial charge in [0, 0.05) is 6.92 Å². The van der Waals surface area contributed by atoms with Crippen molar-refractivity contribution in [3.8, 4) is 11.4 Å². The molecule has 2 aromatic carbocycles. The summed E-state index contributed by atoms with van der Waals surface area (Å²) in [5, 5.41) is 6.70. The Bertz CT molecular complexity index is 1060. The fourth-order valence-corrected chi connectivity index (χ4v) is 3.42. The first-order valence-corrected chi connectivity index (χ1v) is 9.46. The van der Waals surface area contributed by atoms with Gasteiger partial charge in [-0.1, -0.05) is 18.2 Å². The lowest BCUT2D eigenvalue weighted by atomic mass is 10.2. The van der Waals surface area contributed by atoms with Crippen molar-refractivity contribution in [1.82, 2.24) is 9.78 Å². The van der Waals surface area contributed by atoms with Crippen molar-refractivity contribution in [1.29, 1.82) is 0 Å². The number of anilines is 2. The van der Waals surface area contributed by atoms with E-state index < -0.39 is 10.0 Å². The summed E-state index contributed by atoms with van der Waals surface area (Å²) in [7, 11) is -2.39. The van der Waals surface area contributed by atoms with Gasteiger partial charge in [-0.15, -0.1) is 0 Å². The Balaban J connectivity index is 1.87. The second-order valence-corrected chi connectivity index (χ2v) is 7.34. The summed E-state index contributed by atoms with van der Waals surface area (Å²) < 4.78 is 34.4. The minimum absolute atomic E-state index is 0.0169. The maximum atomic E-state index is 12.7. The second kappa shape index (κ2) is 7.50. The molecule has 0 bridgehead atoms. The summed E-state index contributed by atoms with van der Waals surface area (Å²) in [5.74, 6) is 0.127. The van der Waals surface area contributed by atoms with Gasteiger partial charge in [0.25, 0.3) is 10.0 Å². The fraction of sp³-hybridized carbons (Fsp3) is 0.111. The first-order chi connectivity index (χ1) is 12.9. The lowest BCUT2D eigenvalue weighted by molar-refractivity contribution is -0.114. The van der Waals surface area contributed by atoms with Crippen molar-refractivity contribution in [3.05, 3.63) is 60.9 Å². The highest BCUT2D eigenvalue weighted by Crippen LogP contribution is 2.29. The normalized spacial score (nSPS) is 11.0. The molecule has 3 rings (SSSR count). The highest BCUT2D eigenvalue weighted by Gasteiger charge is 2.18.